The number of hydrogen-bond donors (Lipinski definition) is 3. The summed E-state index contributed by atoms with van der Waals surface area (Å²) in [4.78, 5) is 36.7. The van der Waals surface area contributed by atoms with Crippen molar-refractivity contribution >= 4 is 29.1 Å². The third-order valence-electron chi connectivity index (χ3n) is 4.59. The van der Waals surface area contributed by atoms with Crippen molar-refractivity contribution in [3.63, 3.8) is 0 Å². The number of hydrogen-bond acceptors (Lipinski definition) is 3. The molecule has 0 fully saturated rings. The molecule has 0 spiro atoms. The highest BCUT2D eigenvalue weighted by Crippen LogP contribution is 2.36. The molecule has 3 aromatic carbocycles. The Kier molecular flexibility index (Phi) is 4.37. The van der Waals surface area contributed by atoms with Crippen LogP contribution >= 0.6 is 0 Å². The van der Waals surface area contributed by atoms with Gasteiger partial charge in [0.2, 0.25) is 0 Å². The quantitative estimate of drug-likeness (QED) is 0.510. The van der Waals surface area contributed by atoms with E-state index in [1.165, 1.54) is 7.05 Å². The fourth-order valence-corrected chi connectivity index (χ4v) is 3.24. The predicted molar refractivity (Wildman–Crippen MR) is 108 cm³/mol. The van der Waals surface area contributed by atoms with Crippen molar-refractivity contribution in [1.82, 2.24) is 5.32 Å². The van der Waals surface area contributed by atoms with Crippen LogP contribution in [0.4, 0.5) is 16.2 Å². The summed E-state index contributed by atoms with van der Waals surface area (Å²) in [5.41, 5.74) is 4.40. The van der Waals surface area contributed by atoms with Crippen LogP contribution in [0.25, 0.3) is 11.1 Å². The molecule has 6 heteroatoms. The number of fused-ring (bicyclic) bond motifs is 3. The Balaban J connectivity index is 1.57. The first-order chi connectivity index (χ1) is 13.6. The lowest BCUT2D eigenvalue weighted by molar-refractivity contribution is 0.102. The Morgan fingerprint density at radius 2 is 1.39 bits per heavy atom. The van der Waals surface area contributed by atoms with Gasteiger partial charge in [0.1, 0.15) is 0 Å². The molecule has 0 radical (unpaired) electrons. The summed E-state index contributed by atoms with van der Waals surface area (Å²) in [7, 11) is 1.52. The molecule has 0 unspecified atom stereocenters. The van der Waals surface area contributed by atoms with E-state index in [-0.39, 0.29) is 17.7 Å². The van der Waals surface area contributed by atoms with E-state index in [9.17, 15) is 14.4 Å². The largest absolute Gasteiger partial charge is 0.341 e. The second-order valence-corrected chi connectivity index (χ2v) is 6.37. The van der Waals surface area contributed by atoms with Crippen molar-refractivity contribution in [3.05, 3.63) is 83.4 Å². The number of carbonyl (C=O) groups is 3. The fourth-order valence-electron chi connectivity index (χ4n) is 3.24. The first-order valence-electron chi connectivity index (χ1n) is 8.75. The second-order valence-electron chi connectivity index (χ2n) is 6.37. The molecule has 0 saturated heterocycles. The van der Waals surface area contributed by atoms with Gasteiger partial charge >= 0.3 is 6.03 Å². The zero-order valence-electron chi connectivity index (χ0n) is 15.1. The molecule has 0 aliphatic heterocycles. The number of benzene rings is 3. The van der Waals surface area contributed by atoms with Crippen LogP contribution in [-0.4, -0.2) is 24.8 Å². The molecule has 0 saturated carbocycles. The first kappa shape index (κ1) is 17.5. The van der Waals surface area contributed by atoms with Crippen molar-refractivity contribution in [2.45, 2.75) is 0 Å². The molecule has 3 N–H and O–H groups in total. The molecule has 0 heterocycles. The minimum atomic E-state index is -0.347. The lowest BCUT2D eigenvalue weighted by Gasteiger charge is -2.09. The second kappa shape index (κ2) is 7.00. The predicted octanol–water partition coefficient (Wildman–Crippen LogP) is 3.90. The van der Waals surface area contributed by atoms with Crippen molar-refractivity contribution in [1.29, 1.82) is 0 Å². The number of rotatable bonds is 3. The molecular weight excluding hydrogens is 354 g/mol. The van der Waals surface area contributed by atoms with Crippen LogP contribution in [0, 0.1) is 0 Å². The van der Waals surface area contributed by atoms with Crippen LogP contribution in [0.5, 0.6) is 0 Å². The summed E-state index contributed by atoms with van der Waals surface area (Å²) >= 11 is 0. The topological polar surface area (TPSA) is 87.3 Å². The molecule has 138 valence electrons. The van der Waals surface area contributed by atoms with Crippen LogP contribution < -0.4 is 16.0 Å². The zero-order chi connectivity index (χ0) is 19.7. The van der Waals surface area contributed by atoms with Crippen LogP contribution in [0.1, 0.15) is 26.3 Å². The molecule has 1 aliphatic rings. The van der Waals surface area contributed by atoms with Gasteiger partial charge in [-0.15, -0.1) is 0 Å². The van der Waals surface area contributed by atoms with Crippen molar-refractivity contribution in [2.24, 2.45) is 0 Å². The number of ketones is 1. The summed E-state index contributed by atoms with van der Waals surface area (Å²) < 4.78 is 0. The summed E-state index contributed by atoms with van der Waals surface area (Å²) in [6.45, 7) is 0. The fraction of sp³-hybridized carbons (Fsp3) is 0.0455. The van der Waals surface area contributed by atoms with Gasteiger partial charge in [0.05, 0.1) is 0 Å². The van der Waals surface area contributed by atoms with Gasteiger partial charge in [-0.25, -0.2) is 4.79 Å². The van der Waals surface area contributed by atoms with Gasteiger partial charge in [-0.1, -0.05) is 36.4 Å². The number of anilines is 2. The van der Waals surface area contributed by atoms with E-state index in [1.807, 2.05) is 18.2 Å². The Morgan fingerprint density at radius 1 is 0.714 bits per heavy atom. The van der Waals surface area contributed by atoms with E-state index >= 15 is 0 Å². The van der Waals surface area contributed by atoms with Crippen LogP contribution in [0.15, 0.2) is 66.7 Å². The van der Waals surface area contributed by atoms with E-state index in [2.05, 4.69) is 16.0 Å². The third-order valence-corrected chi connectivity index (χ3v) is 4.59. The summed E-state index contributed by atoms with van der Waals surface area (Å²) in [6.07, 6.45) is 0. The van der Waals surface area contributed by atoms with Gasteiger partial charge in [0.15, 0.2) is 5.78 Å². The summed E-state index contributed by atoms with van der Waals surface area (Å²) in [6, 6.07) is 19.0. The highest BCUT2D eigenvalue weighted by molar-refractivity contribution is 6.22. The number of urea groups is 1. The van der Waals surface area contributed by atoms with E-state index in [1.54, 1.807) is 48.5 Å². The average Bonchev–Trinajstić information content (AvgIpc) is 3.00. The van der Waals surface area contributed by atoms with E-state index in [4.69, 9.17) is 0 Å². The highest BCUT2D eigenvalue weighted by Gasteiger charge is 2.27. The first-order valence-corrected chi connectivity index (χ1v) is 8.75. The van der Waals surface area contributed by atoms with Crippen LogP contribution in [0.2, 0.25) is 0 Å². The molecule has 3 aromatic rings. The van der Waals surface area contributed by atoms with E-state index < -0.39 is 0 Å². The van der Waals surface area contributed by atoms with Gasteiger partial charge < -0.3 is 16.0 Å². The maximum atomic E-state index is 12.7. The summed E-state index contributed by atoms with van der Waals surface area (Å²) in [5.74, 6) is -0.402. The van der Waals surface area contributed by atoms with Crippen LogP contribution in [0.3, 0.4) is 0 Å². The van der Waals surface area contributed by atoms with Gasteiger partial charge in [0.25, 0.3) is 5.91 Å². The minimum absolute atomic E-state index is 0.0722. The minimum Gasteiger partial charge on any atom is -0.341 e. The van der Waals surface area contributed by atoms with Crippen LogP contribution in [-0.2, 0) is 0 Å². The van der Waals surface area contributed by atoms with Gasteiger partial charge in [0, 0.05) is 35.1 Å². The smallest absolute Gasteiger partial charge is 0.318 e. The van der Waals surface area contributed by atoms with Gasteiger partial charge in [-0.2, -0.15) is 0 Å². The zero-order valence-corrected chi connectivity index (χ0v) is 15.1. The number of amides is 3. The molecule has 3 amide bonds. The summed E-state index contributed by atoms with van der Waals surface area (Å²) in [5, 5.41) is 7.91. The standard InChI is InChI=1S/C22H17N3O3/c1-23-22(28)25-15-6-4-5-14(12-15)24-21(27)13-9-10-17-16-7-2-3-8-18(16)20(26)19(17)11-13/h2-12H,1H3,(H,24,27)(H2,23,25,28). The van der Waals surface area contributed by atoms with Crippen molar-refractivity contribution < 1.29 is 14.4 Å². The monoisotopic (exact) mass is 371 g/mol. The molecule has 1 aliphatic carbocycles. The third kappa shape index (κ3) is 3.12. The van der Waals surface area contributed by atoms with E-state index in [0.29, 0.717) is 28.1 Å². The highest BCUT2D eigenvalue weighted by atomic mass is 16.2. The molecule has 28 heavy (non-hydrogen) atoms. The normalized spacial score (nSPS) is 11.4. The Morgan fingerprint density at radius 3 is 2.14 bits per heavy atom. The number of carbonyl (C=O) groups excluding carboxylic acids is 3. The maximum Gasteiger partial charge on any atom is 0.318 e. The van der Waals surface area contributed by atoms with E-state index in [0.717, 1.165) is 11.1 Å². The Hall–Kier alpha value is -3.93. The van der Waals surface area contributed by atoms with Crippen molar-refractivity contribution in [2.75, 3.05) is 17.7 Å². The Bertz CT molecular complexity index is 1120. The lowest BCUT2D eigenvalue weighted by Crippen LogP contribution is -2.24. The molecule has 4 rings (SSSR count). The SMILES string of the molecule is CNC(=O)Nc1cccc(NC(=O)c2ccc3c(c2)C(=O)c2ccccc2-3)c1. The molecule has 0 aromatic heterocycles. The molecule has 0 atom stereocenters. The maximum absolute atomic E-state index is 12.7. The Labute approximate surface area is 161 Å². The number of nitrogens with one attached hydrogen (secondary N) is 3. The average molecular weight is 371 g/mol. The molecular formula is C22H17N3O3. The lowest BCUT2D eigenvalue weighted by atomic mass is 10.0. The van der Waals surface area contributed by atoms with Crippen molar-refractivity contribution in [3.8, 4) is 11.1 Å². The molecule has 6 nitrogen and oxygen atoms in total. The van der Waals surface area contributed by atoms with Gasteiger partial charge in [-0.3, -0.25) is 9.59 Å². The molecule has 0 bridgehead atoms. The van der Waals surface area contributed by atoms with Gasteiger partial charge in [-0.05, 0) is 41.5 Å².